The van der Waals surface area contributed by atoms with E-state index in [4.69, 9.17) is 24.9 Å². The molecule has 6 heterocycles. The highest BCUT2D eigenvalue weighted by Gasteiger charge is 2.24. The van der Waals surface area contributed by atoms with Gasteiger partial charge in [0.2, 0.25) is 0 Å². The maximum Gasteiger partial charge on any atom is 0.160 e. The number of pyridine rings is 1. The Kier molecular flexibility index (Phi) is 20.9. The van der Waals surface area contributed by atoms with Crippen LogP contribution in [0.15, 0.2) is 413 Å². The Labute approximate surface area is 717 Å². The molecule has 0 radical (unpaired) electrons. The van der Waals surface area contributed by atoms with E-state index < -0.39 is 0 Å². The van der Waals surface area contributed by atoms with Crippen LogP contribution in [0.4, 0.5) is 0 Å². The van der Waals surface area contributed by atoms with Gasteiger partial charge in [-0.3, -0.25) is 0 Å². The first-order valence-electron chi connectivity index (χ1n) is 43.5. The molecular weight excluding hydrogens is 1490 g/mol. The largest absolute Gasteiger partial charge is 0.309 e. The first-order chi connectivity index (χ1) is 61.0. The molecule has 21 aromatic rings. The third-order valence-electron chi connectivity index (χ3n) is 25.0. The van der Waals surface area contributed by atoms with Crippen molar-refractivity contribution in [2.45, 2.75) is 76.0 Å². The van der Waals surface area contributed by atoms with Crippen molar-refractivity contribution in [1.82, 2.24) is 38.6 Å². The Morgan fingerprint density at radius 3 is 0.764 bits per heavy atom. The highest BCUT2D eigenvalue weighted by Crippen LogP contribution is 2.44. The zero-order valence-corrected chi connectivity index (χ0v) is 68.6. The molecule has 6 aromatic heterocycles. The molecule has 0 N–H and O–H groups in total. The van der Waals surface area contributed by atoms with E-state index in [-0.39, 0.29) is 0 Å². The number of aromatic nitrogens is 8. The number of rotatable bonds is 14. The van der Waals surface area contributed by atoms with Gasteiger partial charge in [0, 0.05) is 93.9 Å². The lowest BCUT2D eigenvalue weighted by Gasteiger charge is -2.22. The molecule has 0 unspecified atom stereocenters. The molecule has 23 rings (SSSR count). The van der Waals surface area contributed by atoms with Crippen LogP contribution >= 0.6 is 0 Å². The van der Waals surface area contributed by atoms with Gasteiger partial charge in [-0.25, -0.2) is 24.9 Å². The lowest BCUT2D eigenvalue weighted by molar-refractivity contribution is 0.444. The molecule has 590 valence electrons. The predicted octanol–water partition coefficient (Wildman–Crippen LogP) is 30.4. The van der Waals surface area contributed by atoms with Crippen LogP contribution < -0.4 is 0 Å². The Morgan fingerprint density at radius 2 is 0.431 bits per heavy atom. The SMILES string of the molecule is c1ccc(-c2cc(-c3cccc(-n4c5ccc(C6CCCCC6)cc5c5cc(C6CCCCC6)ccc54)c3)cc(-c3ccccc3)n2)cc1.c1ccc(-c2cc(-c3cccc(-n4c5ccccc5c5ccccc54)c3)nc(-c3ccccc3)n2)cc1.c1ccc(-c2cc(-c3cccc(-n4c5ccccc5c5ccccc54)c3)nc(-c3ccccc3)n2)cc1. The van der Waals surface area contributed by atoms with Gasteiger partial charge in [0.1, 0.15) is 0 Å². The molecule has 0 spiro atoms. The van der Waals surface area contributed by atoms with Crippen LogP contribution in [0.3, 0.4) is 0 Å². The van der Waals surface area contributed by atoms with Crippen molar-refractivity contribution < 1.29 is 0 Å². The summed E-state index contributed by atoms with van der Waals surface area (Å²) in [5.41, 5.74) is 30.3. The van der Waals surface area contributed by atoms with Gasteiger partial charge in [-0.15, -0.1) is 0 Å². The Morgan fingerprint density at radius 1 is 0.171 bits per heavy atom. The van der Waals surface area contributed by atoms with Crippen LogP contribution in [-0.4, -0.2) is 38.6 Å². The van der Waals surface area contributed by atoms with E-state index in [1.807, 2.05) is 72.8 Å². The van der Waals surface area contributed by atoms with Gasteiger partial charge in [0.05, 0.1) is 67.3 Å². The van der Waals surface area contributed by atoms with Crippen molar-refractivity contribution in [3.8, 4) is 119 Å². The van der Waals surface area contributed by atoms with Crippen molar-refractivity contribution in [1.29, 1.82) is 0 Å². The Bertz CT molecular complexity index is 6730. The fraction of sp³-hybridized carbons (Fsp3) is 0.104. The molecule has 8 nitrogen and oxygen atoms in total. The van der Waals surface area contributed by atoms with Crippen LogP contribution in [-0.2, 0) is 0 Å². The van der Waals surface area contributed by atoms with Crippen LogP contribution in [0.5, 0.6) is 0 Å². The van der Waals surface area contributed by atoms with Crippen LogP contribution in [0.2, 0.25) is 0 Å². The molecule has 8 heteroatoms. The number of para-hydroxylation sites is 4. The van der Waals surface area contributed by atoms with E-state index >= 15 is 0 Å². The second kappa shape index (κ2) is 34.0. The number of fused-ring (bicyclic) bond motifs is 9. The van der Waals surface area contributed by atoms with Crippen molar-refractivity contribution in [2.75, 3.05) is 0 Å². The zero-order chi connectivity index (χ0) is 81.8. The molecule has 0 amide bonds. The summed E-state index contributed by atoms with van der Waals surface area (Å²) in [6.07, 6.45) is 13.5. The summed E-state index contributed by atoms with van der Waals surface area (Å²) in [6, 6.07) is 146. The third-order valence-corrected chi connectivity index (χ3v) is 25.0. The van der Waals surface area contributed by atoms with Crippen LogP contribution in [0.25, 0.3) is 184 Å². The first kappa shape index (κ1) is 75.5. The van der Waals surface area contributed by atoms with Crippen LogP contribution in [0, 0.1) is 0 Å². The first-order valence-corrected chi connectivity index (χ1v) is 43.5. The van der Waals surface area contributed by atoms with Crippen LogP contribution in [0.1, 0.15) is 87.2 Å². The monoisotopic (exact) mass is 1580 g/mol. The van der Waals surface area contributed by atoms with Crippen molar-refractivity contribution in [3.63, 3.8) is 0 Å². The summed E-state index contributed by atoms with van der Waals surface area (Å²) >= 11 is 0. The number of nitrogens with zero attached hydrogens (tertiary/aromatic N) is 8. The van der Waals surface area contributed by atoms with E-state index in [9.17, 15) is 0 Å². The summed E-state index contributed by atoms with van der Waals surface area (Å²) in [6.45, 7) is 0. The van der Waals surface area contributed by atoms with Gasteiger partial charge < -0.3 is 13.7 Å². The van der Waals surface area contributed by atoms with Gasteiger partial charge in [0.25, 0.3) is 0 Å². The van der Waals surface area contributed by atoms with Crippen molar-refractivity contribution >= 4 is 65.4 Å². The molecule has 0 saturated heterocycles. The molecule has 0 bridgehead atoms. The molecule has 123 heavy (non-hydrogen) atoms. The maximum absolute atomic E-state index is 5.14. The highest BCUT2D eigenvalue weighted by atomic mass is 15.0. The zero-order valence-electron chi connectivity index (χ0n) is 68.6. The van der Waals surface area contributed by atoms with E-state index in [0.717, 1.165) is 102 Å². The van der Waals surface area contributed by atoms with Gasteiger partial charge >= 0.3 is 0 Å². The molecular formula is C115H90N8. The van der Waals surface area contributed by atoms with Gasteiger partial charge in [-0.1, -0.05) is 342 Å². The van der Waals surface area contributed by atoms with Crippen molar-refractivity contribution in [2.24, 2.45) is 0 Å². The summed E-state index contributed by atoms with van der Waals surface area (Å²) in [7, 11) is 0. The maximum atomic E-state index is 5.14. The second-order valence-corrected chi connectivity index (χ2v) is 32.7. The molecule has 2 aliphatic rings. The average molecular weight is 1580 g/mol. The fourth-order valence-corrected chi connectivity index (χ4v) is 18.9. The Hall–Kier alpha value is -15.0. The lowest BCUT2D eigenvalue weighted by atomic mass is 9.83. The summed E-state index contributed by atoms with van der Waals surface area (Å²) in [4.78, 5) is 25.1. The second-order valence-electron chi connectivity index (χ2n) is 32.7. The van der Waals surface area contributed by atoms with E-state index in [1.165, 1.54) is 158 Å². The van der Waals surface area contributed by atoms with Gasteiger partial charge in [-0.05, 0) is 169 Å². The topological polar surface area (TPSA) is 79.2 Å². The smallest absolute Gasteiger partial charge is 0.160 e. The highest BCUT2D eigenvalue weighted by molar-refractivity contribution is 6.12. The summed E-state index contributed by atoms with van der Waals surface area (Å²) < 4.78 is 7.19. The van der Waals surface area contributed by atoms with Gasteiger partial charge in [0.15, 0.2) is 11.6 Å². The molecule has 0 aliphatic heterocycles. The third kappa shape index (κ3) is 15.4. The molecule has 15 aromatic carbocycles. The Balaban J connectivity index is 0.000000115. The predicted molar refractivity (Wildman–Crippen MR) is 512 cm³/mol. The fourth-order valence-electron chi connectivity index (χ4n) is 18.9. The minimum atomic E-state index is 0.686. The molecule has 2 saturated carbocycles. The lowest BCUT2D eigenvalue weighted by Crippen LogP contribution is -2.04. The molecule has 2 aliphatic carbocycles. The summed E-state index contributed by atoms with van der Waals surface area (Å²) in [5, 5.41) is 7.82. The quantitative estimate of drug-likeness (QED) is 0.108. The molecule has 2 fully saturated rings. The molecule has 0 atom stereocenters. The minimum absolute atomic E-state index is 0.686. The van der Waals surface area contributed by atoms with E-state index in [2.05, 4.69) is 353 Å². The standard InChI is InChI=1S/C47H44N2.2C34H23N3/c1-5-14-33(15-6-1)38-24-26-46-42(29-38)43-30-39(34-16-7-2-8-17-34)25-27-47(43)49(46)41-23-13-22-37(28-41)40-31-44(35-18-9-3-10-19-35)48-45(32-40)36-20-11-4-12-21-36;2*1-3-12-24(13-4-1)30-23-31(36-34(35-30)25-14-5-2-6-15-25)26-16-11-17-27(22-26)37-32-20-9-7-18-28(32)29-19-8-10-21-33(29)37/h3-4,9-13,18-34H,1-2,5-8,14-17H2;2*1-23H. The van der Waals surface area contributed by atoms with Crippen molar-refractivity contribution in [3.05, 3.63) is 424 Å². The normalized spacial score (nSPS) is 13.1. The average Bonchev–Trinajstić information content (AvgIpc) is 1.55. The van der Waals surface area contributed by atoms with Gasteiger partial charge in [-0.2, -0.15) is 0 Å². The number of hydrogen-bond acceptors (Lipinski definition) is 5. The summed E-state index contributed by atoms with van der Waals surface area (Å²) in [5.74, 6) is 2.81. The van der Waals surface area contributed by atoms with E-state index in [0.29, 0.717) is 11.8 Å². The minimum Gasteiger partial charge on any atom is -0.309 e. The van der Waals surface area contributed by atoms with E-state index in [1.54, 1.807) is 0 Å². The number of benzene rings is 15. The number of hydrogen-bond donors (Lipinski definition) is 0.